The van der Waals surface area contributed by atoms with Crippen LogP contribution in [-0.4, -0.2) is 24.4 Å². The maximum atomic E-state index is 12.8. The largest absolute Gasteiger partial charge is 0.456 e. The van der Waals surface area contributed by atoms with Crippen molar-refractivity contribution in [2.45, 2.75) is 12.8 Å². The molecule has 2 amide bonds. The van der Waals surface area contributed by atoms with Crippen LogP contribution in [0, 0.1) is 5.82 Å². The molecule has 0 atom stereocenters. The summed E-state index contributed by atoms with van der Waals surface area (Å²) in [6.45, 7) is -0.476. The number of hydrogen-bond acceptors (Lipinski definition) is 4. The molecule has 0 aliphatic rings. The molecule has 0 aliphatic heterocycles. The number of carbonyl (C=O) groups is 3. The molecule has 0 saturated carbocycles. The van der Waals surface area contributed by atoms with Gasteiger partial charge < -0.3 is 15.4 Å². The standard InChI is InChI=1S/C18H17FN2O4/c19-13-6-8-15(9-7-13)21-17(23)12-25-18(24)11-10-16(22)20-14-4-2-1-3-5-14/h1-9H,10-12H2,(H,20,22)(H,21,23). The predicted molar refractivity (Wildman–Crippen MR) is 90.3 cm³/mol. The second-order valence-electron chi connectivity index (χ2n) is 5.13. The molecule has 2 N–H and O–H groups in total. The summed E-state index contributed by atoms with van der Waals surface area (Å²) < 4.78 is 17.5. The lowest BCUT2D eigenvalue weighted by atomic mass is 10.2. The lowest BCUT2D eigenvalue weighted by Crippen LogP contribution is -2.21. The van der Waals surface area contributed by atoms with Gasteiger partial charge >= 0.3 is 5.97 Å². The van der Waals surface area contributed by atoms with Crippen LogP contribution >= 0.6 is 0 Å². The number of anilines is 2. The maximum absolute atomic E-state index is 12.8. The van der Waals surface area contributed by atoms with Crippen LogP contribution in [0.2, 0.25) is 0 Å². The molecule has 7 heteroatoms. The first-order valence-corrected chi connectivity index (χ1v) is 7.59. The van der Waals surface area contributed by atoms with E-state index < -0.39 is 24.3 Å². The normalized spacial score (nSPS) is 9.96. The number of para-hydroxylation sites is 1. The quantitative estimate of drug-likeness (QED) is 0.757. The number of ether oxygens (including phenoxy) is 1. The molecule has 2 aromatic rings. The van der Waals surface area contributed by atoms with Gasteiger partial charge in [-0.3, -0.25) is 14.4 Å². The minimum atomic E-state index is -0.655. The molecule has 130 valence electrons. The van der Waals surface area contributed by atoms with Gasteiger partial charge in [0.1, 0.15) is 5.82 Å². The summed E-state index contributed by atoms with van der Waals surface area (Å²) in [6, 6.07) is 14.0. The second kappa shape index (κ2) is 9.17. The van der Waals surface area contributed by atoms with Crippen molar-refractivity contribution in [3.05, 3.63) is 60.4 Å². The highest BCUT2D eigenvalue weighted by molar-refractivity contribution is 5.94. The minimum absolute atomic E-state index is 0.0483. The molecule has 25 heavy (non-hydrogen) atoms. The smallest absolute Gasteiger partial charge is 0.306 e. The Labute approximate surface area is 144 Å². The fraction of sp³-hybridized carbons (Fsp3) is 0.167. The summed E-state index contributed by atoms with van der Waals surface area (Å²) in [6.07, 6.45) is -0.185. The van der Waals surface area contributed by atoms with Gasteiger partial charge in [-0.25, -0.2) is 4.39 Å². The zero-order valence-electron chi connectivity index (χ0n) is 13.3. The number of carbonyl (C=O) groups excluding carboxylic acids is 3. The van der Waals surface area contributed by atoms with Crippen molar-refractivity contribution in [1.82, 2.24) is 0 Å². The van der Waals surface area contributed by atoms with E-state index in [2.05, 4.69) is 10.6 Å². The highest BCUT2D eigenvalue weighted by atomic mass is 19.1. The van der Waals surface area contributed by atoms with Gasteiger partial charge in [-0.05, 0) is 36.4 Å². The average Bonchev–Trinajstić information content (AvgIpc) is 2.61. The first-order valence-electron chi connectivity index (χ1n) is 7.59. The van der Waals surface area contributed by atoms with E-state index in [4.69, 9.17) is 4.74 Å². The van der Waals surface area contributed by atoms with Crippen LogP contribution in [0.5, 0.6) is 0 Å². The second-order valence-corrected chi connectivity index (χ2v) is 5.13. The van der Waals surface area contributed by atoms with Gasteiger partial charge in [0, 0.05) is 17.8 Å². The topological polar surface area (TPSA) is 84.5 Å². The van der Waals surface area contributed by atoms with Crippen molar-refractivity contribution in [2.24, 2.45) is 0 Å². The Balaban J connectivity index is 1.65. The zero-order chi connectivity index (χ0) is 18.1. The number of esters is 1. The minimum Gasteiger partial charge on any atom is -0.456 e. The Kier molecular flexibility index (Phi) is 6.65. The number of rotatable bonds is 7. The van der Waals surface area contributed by atoms with Crippen LogP contribution in [0.25, 0.3) is 0 Å². The van der Waals surface area contributed by atoms with E-state index in [1.807, 2.05) is 6.07 Å². The molecule has 6 nitrogen and oxygen atoms in total. The van der Waals surface area contributed by atoms with E-state index in [-0.39, 0.29) is 18.7 Å². The number of nitrogens with one attached hydrogen (secondary N) is 2. The van der Waals surface area contributed by atoms with Gasteiger partial charge in [0.25, 0.3) is 5.91 Å². The van der Waals surface area contributed by atoms with E-state index >= 15 is 0 Å². The fourth-order valence-electron chi connectivity index (χ4n) is 1.91. The van der Waals surface area contributed by atoms with Crippen LogP contribution in [0.4, 0.5) is 15.8 Å². The highest BCUT2D eigenvalue weighted by Crippen LogP contribution is 2.08. The molecule has 2 aromatic carbocycles. The van der Waals surface area contributed by atoms with Gasteiger partial charge in [0.15, 0.2) is 6.61 Å². The van der Waals surface area contributed by atoms with Crippen molar-refractivity contribution in [3.63, 3.8) is 0 Å². The van der Waals surface area contributed by atoms with Crippen molar-refractivity contribution < 1.29 is 23.5 Å². The molecule has 0 aliphatic carbocycles. The Morgan fingerprint density at radius 1 is 0.800 bits per heavy atom. The van der Waals surface area contributed by atoms with E-state index in [9.17, 15) is 18.8 Å². The molecule has 0 unspecified atom stereocenters. The third-order valence-electron chi connectivity index (χ3n) is 3.11. The summed E-state index contributed by atoms with van der Waals surface area (Å²) >= 11 is 0. The summed E-state index contributed by atoms with van der Waals surface area (Å²) in [7, 11) is 0. The van der Waals surface area contributed by atoms with Crippen molar-refractivity contribution in [2.75, 3.05) is 17.2 Å². The van der Waals surface area contributed by atoms with Gasteiger partial charge in [-0.15, -0.1) is 0 Å². The number of amides is 2. The Bertz CT molecular complexity index is 733. The third kappa shape index (κ3) is 6.82. The van der Waals surface area contributed by atoms with Crippen molar-refractivity contribution in [3.8, 4) is 0 Å². The molecule has 0 heterocycles. The van der Waals surface area contributed by atoms with Crippen LogP contribution < -0.4 is 10.6 Å². The summed E-state index contributed by atoms with van der Waals surface area (Å²) in [5.41, 5.74) is 1.03. The molecule has 2 rings (SSSR count). The Hall–Kier alpha value is -3.22. The fourth-order valence-corrected chi connectivity index (χ4v) is 1.91. The third-order valence-corrected chi connectivity index (χ3v) is 3.11. The molecular formula is C18H17FN2O4. The number of halogens is 1. The summed E-state index contributed by atoms with van der Waals surface area (Å²) in [4.78, 5) is 34.9. The molecule has 0 fully saturated rings. The van der Waals surface area contributed by atoms with Crippen LogP contribution in [0.1, 0.15) is 12.8 Å². The van der Waals surface area contributed by atoms with Crippen molar-refractivity contribution in [1.29, 1.82) is 0 Å². The Morgan fingerprint density at radius 2 is 1.40 bits per heavy atom. The maximum Gasteiger partial charge on any atom is 0.306 e. The van der Waals surface area contributed by atoms with Gasteiger partial charge in [0.2, 0.25) is 5.91 Å². The van der Waals surface area contributed by atoms with Gasteiger partial charge in [-0.1, -0.05) is 18.2 Å². The van der Waals surface area contributed by atoms with E-state index in [0.717, 1.165) is 0 Å². The molecule has 0 aromatic heterocycles. The first-order chi connectivity index (χ1) is 12.0. The Morgan fingerprint density at radius 3 is 2.08 bits per heavy atom. The average molecular weight is 344 g/mol. The monoisotopic (exact) mass is 344 g/mol. The van der Waals surface area contributed by atoms with E-state index in [1.165, 1.54) is 24.3 Å². The molecule has 0 bridgehead atoms. The molecule has 0 saturated heterocycles. The van der Waals surface area contributed by atoms with Gasteiger partial charge in [0.05, 0.1) is 6.42 Å². The number of hydrogen-bond donors (Lipinski definition) is 2. The molecule has 0 spiro atoms. The molecular weight excluding hydrogens is 327 g/mol. The van der Waals surface area contributed by atoms with Gasteiger partial charge in [-0.2, -0.15) is 0 Å². The van der Waals surface area contributed by atoms with Crippen LogP contribution in [-0.2, 0) is 19.1 Å². The first kappa shape index (κ1) is 18.1. The lowest BCUT2D eigenvalue weighted by molar-refractivity contribution is -0.147. The van der Waals surface area contributed by atoms with E-state index in [1.54, 1.807) is 24.3 Å². The lowest BCUT2D eigenvalue weighted by Gasteiger charge is -2.07. The SMILES string of the molecule is O=C(CCC(=O)OCC(=O)Nc1ccc(F)cc1)Nc1ccccc1. The zero-order valence-corrected chi connectivity index (χ0v) is 13.3. The highest BCUT2D eigenvalue weighted by Gasteiger charge is 2.11. The predicted octanol–water partition coefficient (Wildman–Crippen LogP) is 2.73. The number of benzene rings is 2. The van der Waals surface area contributed by atoms with Crippen molar-refractivity contribution >= 4 is 29.2 Å². The van der Waals surface area contributed by atoms with Crippen LogP contribution in [0.15, 0.2) is 54.6 Å². The van der Waals surface area contributed by atoms with Crippen LogP contribution in [0.3, 0.4) is 0 Å². The summed E-state index contributed by atoms with van der Waals surface area (Å²) in [5, 5.41) is 5.10. The molecule has 0 radical (unpaired) electrons. The van der Waals surface area contributed by atoms with E-state index in [0.29, 0.717) is 11.4 Å². The summed E-state index contributed by atoms with van der Waals surface area (Å²) in [5.74, 6) is -1.94.